The molecule has 6 nitrogen and oxygen atoms in total. The molecule has 0 aromatic carbocycles. The molecule has 0 unspecified atom stereocenters. The Balaban J connectivity index is 0.00000324. The first-order chi connectivity index (χ1) is 8.49. The molecule has 0 saturated heterocycles. The van der Waals surface area contributed by atoms with Crippen LogP contribution in [0.5, 0.6) is 0 Å². The van der Waals surface area contributed by atoms with Crippen LogP contribution >= 0.6 is 12.4 Å². The lowest BCUT2D eigenvalue weighted by molar-refractivity contribution is -0.125. The number of hydrogen-bond acceptors (Lipinski definition) is 3. The molecule has 6 N–H and O–H groups in total. The highest BCUT2D eigenvalue weighted by atomic mass is 35.5. The molecule has 0 aliphatic rings. The van der Waals surface area contributed by atoms with Crippen LogP contribution < -0.4 is 16.8 Å². The maximum Gasteiger partial charge on any atom is 0.265 e. The molecule has 0 radical (unpaired) electrons. The van der Waals surface area contributed by atoms with Gasteiger partial charge in [0.2, 0.25) is 5.91 Å². The predicted octanol–water partition coefficient (Wildman–Crippen LogP) is 1.24. The molecular formula is C12H21ClN4O2. The molecule has 2 amide bonds. The lowest BCUT2D eigenvalue weighted by atomic mass is 9.81. The van der Waals surface area contributed by atoms with Crippen molar-refractivity contribution in [2.75, 3.05) is 11.9 Å². The fourth-order valence-corrected chi connectivity index (χ4v) is 1.82. The Labute approximate surface area is 118 Å². The van der Waals surface area contributed by atoms with Crippen LogP contribution in [0.2, 0.25) is 0 Å². The summed E-state index contributed by atoms with van der Waals surface area (Å²) in [6, 6.07) is 1.51. The van der Waals surface area contributed by atoms with E-state index in [0.717, 1.165) is 0 Å². The second-order valence-corrected chi connectivity index (χ2v) is 4.31. The number of hydrogen-bond donors (Lipinski definition) is 4. The number of primary amides is 1. The summed E-state index contributed by atoms with van der Waals surface area (Å²) in [5, 5.41) is 2.75. The molecule has 0 spiro atoms. The van der Waals surface area contributed by atoms with Crippen LogP contribution in [0, 0.1) is 5.41 Å². The van der Waals surface area contributed by atoms with Crippen molar-refractivity contribution in [3.63, 3.8) is 0 Å². The maximum atomic E-state index is 12.2. The highest BCUT2D eigenvalue weighted by molar-refractivity contribution is 5.97. The zero-order valence-corrected chi connectivity index (χ0v) is 12.0. The molecule has 1 aromatic rings. The number of carbonyl (C=O) groups is 2. The monoisotopic (exact) mass is 288 g/mol. The fourth-order valence-electron chi connectivity index (χ4n) is 1.82. The van der Waals surface area contributed by atoms with E-state index in [1.807, 2.05) is 13.8 Å². The minimum atomic E-state index is -0.565. The minimum Gasteiger partial charge on any atom is -0.364 e. The summed E-state index contributed by atoms with van der Waals surface area (Å²) in [6.45, 7) is 4.16. The second-order valence-electron chi connectivity index (χ2n) is 4.31. The highest BCUT2D eigenvalue weighted by Crippen LogP contribution is 2.27. The predicted molar refractivity (Wildman–Crippen MR) is 77.3 cm³/mol. The first kappa shape index (κ1) is 17.5. The molecule has 1 aromatic heterocycles. The Morgan fingerprint density at radius 3 is 2.32 bits per heavy atom. The van der Waals surface area contributed by atoms with Crippen molar-refractivity contribution in [2.24, 2.45) is 16.9 Å². The van der Waals surface area contributed by atoms with E-state index in [4.69, 9.17) is 11.5 Å². The lowest BCUT2D eigenvalue weighted by Gasteiger charge is -2.28. The van der Waals surface area contributed by atoms with E-state index in [-0.39, 0.29) is 24.0 Å². The van der Waals surface area contributed by atoms with Gasteiger partial charge in [0.25, 0.3) is 5.91 Å². The maximum absolute atomic E-state index is 12.2. The molecule has 0 atom stereocenters. The van der Waals surface area contributed by atoms with Gasteiger partial charge in [0.1, 0.15) is 5.69 Å². The van der Waals surface area contributed by atoms with Gasteiger partial charge < -0.3 is 21.8 Å². The van der Waals surface area contributed by atoms with Gasteiger partial charge in [0.15, 0.2) is 0 Å². The average molecular weight is 289 g/mol. The number of H-pyrrole nitrogens is 1. The number of halogens is 1. The van der Waals surface area contributed by atoms with Gasteiger partial charge in [-0.2, -0.15) is 0 Å². The summed E-state index contributed by atoms with van der Waals surface area (Å²) in [7, 11) is 0. The number of anilines is 1. The van der Waals surface area contributed by atoms with Crippen LogP contribution in [-0.4, -0.2) is 23.3 Å². The van der Waals surface area contributed by atoms with Crippen molar-refractivity contribution < 1.29 is 9.59 Å². The standard InChI is InChI=1S/C12H20N4O2.ClH/c1-3-12(4-2,7-13)11(18)16-8-5-9(10(14)17)15-6-8;/h5-6,15H,3-4,7,13H2,1-2H3,(H2,14,17)(H,16,18);1H. The molecule has 1 heterocycles. The Morgan fingerprint density at radius 1 is 1.37 bits per heavy atom. The fraction of sp³-hybridized carbons (Fsp3) is 0.500. The van der Waals surface area contributed by atoms with Gasteiger partial charge >= 0.3 is 0 Å². The Bertz CT molecular complexity index is 432. The van der Waals surface area contributed by atoms with Gasteiger partial charge in [-0.05, 0) is 18.9 Å². The number of nitrogens with one attached hydrogen (secondary N) is 2. The van der Waals surface area contributed by atoms with Crippen molar-refractivity contribution >= 4 is 29.9 Å². The van der Waals surface area contributed by atoms with E-state index in [1.165, 1.54) is 12.3 Å². The number of carbonyl (C=O) groups excluding carboxylic acids is 2. The molecular weight excluding hydrogens is 268 g/mol. The van der Waals surface area contributed by atoms with Gasteiger partial charge in [0.05, 0.1) is 11.1 Å². The smallest absolute Gasteiger partial charge is 0.265 e. The number of rotatable bonds is 6. The van der Waals surface area contributed by atoms with Crippen LogP contribution in [0.3, 0.4) is 0 Å². The third kappa shape index (κ3) is 3.71. The van der Waals surface area contributed by atoms with Gasteiger partial charge in [-0.15, -0.1) is 12.4 Å². The van der Waals surface area contributed by atoms with Crippen LogP contribution in [-0.2, 0) is 4.79 Å². The van der Waals surface area contributed by atoms with E-state index in [9.17, 15) is 9.59 Å². The summed E-state index contributed by atoms with van der Waals surface area (Å²) in [6.07, 6.45) is 2.86. The molecule has 0 aliphatic carbocycles. The number of aromatic nitrogens is 1. The second kappa shape index (κ2) is 7.16. The first-order valence-electron chi connectivity index (χ1n) is 5.98. The van der Waals surface area contributed by atoms with E-state index in [2.05, 4.69) is 10.3 Å². The molecule has 19 heavy (non-hydrogen) atoms. The van der Waals surface area contributed by atoms with Crippen molar-refractivity contribution in [1.29, 1.82) is 0 Å². The Kier molecular flexibility index (Phi) is 6.58. The number of amides is 2. The summed E-state index contributed by atoms with van der Waals surface area (Å²) < 4.78 is 0. The zero-order valence-electron chi connectivity index (χ0n) is 11.2. The molecule has 0 aliphatic heterocycles. The molecule has 7 heteroatoms. The lowest BCUT2D eigenvalue weighted by Crippen LogP contribution is -2.41. The van der Waals surface area contributed by atoms with E-state index >= 15 is 0 Å². The Hall–Kier alpha value is -1.53. The third-order valence-electron chi connectivity index (χ3n) is 3.43. The van der Waals surface area contributed by atoms with Crippen molar-refractivity contribution in [3.05, 3.63) is 18.0 Å². The molecule has 1 rings (SSSR count). The van der Waals surface area contributed by atoms with Gasteiger partial charge in [0, 0.05) is 12.7 Å². The SMILES string of the molecule is CCC(CC)(CN)C(=O)Nc1c[nH]c(C(N)=O)c1.Cl. The first-order valence-corrected chi connectivity index (χ1v) is 5.98. The minimum absolute atomic E-state index is 0. The molecule has 0 saturated carbocycles. The molecule has 0 fully saturated rings. The summed E-state index contributed by atoms with van der Waals surface area (Å²) >= 11 is 0. The zero-order chi connectivity index (χ0) is 13.8. The van der Waals surface area contributed by atoms with E-state index in [0.29, 0.717) is 25.1 Å². The highest BCUT2D eigenvalue weighted by Gasteiger charge is 2.33. The Morgan fingerprint density at radius 2 is 1.95 bits per heavy atom. The van der Waals surface area contributed by atoms with Crippen LogP contribution in [0.1, 0.15) is 37.2 Å². The van der Waals surface area contributed by atoms with Crippen LogP contribution in [0.15, 0.2) is 12.3 Å². The van der Waals surface area contributed by atoms with E-state index in [1.54, 1.807) is 0 Å². The summed E-state index contributed by atoms with van der Waals surface area (Å²) in [5.74, 6) is -0.698. The van der Waals surface area contributed by atoms with Crippen molar-refractivity contribution in [2.45, 2.75) is 26.7 Å². The van der Waals surface area contributed by atoms with Gasteiger partial charge in [-0.3, -0.25) is 9.59 Å². The van der Waals surface area contributed by atoms with Crippen LogP contribution in [0.25, 0.3) is 0 Å². The van der Waals surface area contributed by atoms with Crippen molar-refractivity contribution in [3.8, 4) is 0 Å². The van der Waals surface area contributed by atoms with E-state index < -0.39 is 11.3 Å². The van der Waals surface area contributed by atoms with Crippen LogP contribution in [0.4, 0.5) is 5.69 Å². The van der Waals surface area contributed by atoms with Gasteiger partial charge in [-0.1, -0.05) is 13.8 Å². The normalized spacial score (nSPS) is 10.7. The summed E-state index contributed by atoms with van der Waals surface area (Å²) in [5.41, 5.74) is 11.0. The molecule has 0 bridgehead atoms. The number of nitrogens with two attached hydrogens (primary N) is 2. The topological polar surface area (TPSA) is 114 Å². The number of aromatic amines is 1. The third-order valence-corrected chi connectivity index (χ3v) is 3.43. The summed E-state index contributed by atoms with van der Waals surface area (Å²) in [4.78, 5) is 25.8. The largest absolute Gasteiger partial charge is 0.364 e. The molecule has 108 valence electrons. The average Bonchev–Trinajstić information content (AvgIpc) is 2.81. The quantitative estimate of drug-likeness (QED) is 0.631. The van der Waals surface area contributed by atoms with Gasteiger partial charge in [-0.25, -0.2) is 0 Å². The van der Waals surface area contributed by atoms with Crippen molar-refractivity contribution in [1.82, 2.24) is 4.98 Å².